The Morgan fingerprint density at radius 3 is 2.53 bits per heavy atom. The standard InChI is InChI=1S/C21H21Cl2N3O4/c1-4-9-26(21(27)13-10-16(23)19(29-3)17(11-13)28-2)12-18-24-25-20(30-18)14-7-5-6-8-15(14)22/h5-8,10-11H,4,9,12H2,1-3H3. The lowest BCUT2D eigenvalue weighted by atomic mass is 10.1. The first-order valence-corrected chi connectivity index (χ1v) is 10.0. The number of benzene rings is 2. The second-order valence-corrected chi connectivity index (χ2v) is 7.22. The van der Waals surface area contributed by atoms with Gasteiger partial charge in [0.05, 0.1) is 36.4 Å². The third kappa shape index (κ3) is 4.68. The van der Waals surface area contributed by atoms with Crippen LogP contribution in [0.25, 0.3) is 11.5 Å². The van der Waals surface area contributed by atoms with Gasteiger partial charge in [-0.05, 0) is 30.7 Å². The summed E-state index contributed by atoms with van der Waals surface area (Å²) in [7, 11) is 2.97. The van der Waals surface area contributed by atoms with Gasteiger partial charge in [0.25, 0.3) is 5.91 Å². The maximum atomic E-state index is 13.2. The average molecular weight is 450 g/mol. The van der Waals surface area contributed by atoms with Crippen molar-refractivity contribution >= 4 is 29.1 Å². The van der Waals surface area contributed by atoms with Crippen LogP contribution in [0.2, 0.25) is 10.0 Å². The molecule has 0 bridgehead atoms. The van der Waals surface area contributed by atoms with Crippen LogP contribution in [0.3, 0.4) is 0 Å². The van der Waals surface area contributed by atoms with Gasteiger partial charge in [-0.15, -0.1) is 10.2 Å². The molecule has 30 heavy (non-hydrogen) atoms. The fourth-order valence-electron chi connectivity index (χ4n) is 2.97. The zero-order valence-electron chi connectivity index (χ0n) is 16.8. The third-order valence-electron chi connectivity index (χ3n) is 4.36. The van der Waals surface area contributed by atoms with Crippen LogP contribution in [0.4, 0.5) is 0 Å². The number of carbonyl (C=O) groups excluding carboxylic acids is 1. The minimum absolute atomic E-state index is 0.149. The first-order valence-electron chi connectivity index (χ1n) is 9.26. The van der Waals surface area contributed by atoms with Crippen molar-refractivity contribution in [3.8, 4) is 23.0 Å². The van der Waals surface area contributed by atoms with E-state index in [2.05, 4.69) is 10.2 Å². The van der Waals surface area contributed by atoms with Crippen LogP contribution in [-0.2, 0) is 6.54 Å². The third-order valence-corrected chi connectivity index (χ3v) is 4.97. The van der Waals surface area contributed by atoms with Gasteiger partial charge in [-0.2, -0.15) is 0 Å². The van der Waals surface area contributed by atoms with Crippen molar-refractivity contribution in [2.24, 2.45) is 0 Å². The second kappa shape index (κ2) is 9.82. The predicted octanol–water partition coefficient (Wildman–Crippen LogP) is 5.11. The molecule has 0 aliphatic heterocycles. The fraction of sp³-hybridized carbons (Fsp3) is 0.286. The van der Waals surface area contributed by atoms with Crippen molar-refractivity contribution in [1.29, 1.82) is 0 Å². The summed E-state index contributed by atoms with van der Waals surface area (Å²) < 4.78 is 16.3. The van der Waals surface area contributed by atoms with Gasteiger partial charge in [0.1, 0.15) is 0 Å². The van der Waals surface area contributed by atoms with Crippen LogP contribution in [0.1, 0.15) is 29.6 Å². The Morgan fingerprint density at radius 1 is 1.10 bits per heavy atom. The molecule has 0 atom stereocenters. The maximum Gasteiger partial charge on any atom is 0.254 e. The lowest BCUT2D eigenvalue weighted by Gasteiger charge is -2.21. The van der Waals surface area contributed by atoms with E-state index >= 15 is 0 Å². The van der Waals surface area contributed by atoms with E-state index in [4.69, 9.17) is 37.1 Å². The predicted molar refractivity (Wildman–Crippen MR) is 114 cm³/mol. The molecule has 0 fully saturated rings. The molecule has 1 amide bonds. The van der Waals surface area contributed by atoms with Gasteiger partial charge in [-0.3, -0.25) is 4.79 Å². The van der Waals surface area contributed by atoms with E-state index in [-0.39, 0.29) is 17.5 Å². The highest BCUT2D eigenvalue weighted by molar-refractivity contribution is 6.33. The number of hydrogen-bond donors (Lipinski definition) is 0. The molecule has 3 aromatic rings. The number of rotatable bonds is 8. The normalized spacial score (nSPS) is 10.7. The Morgan fingerprint density at radius 2 is 1.87 bits per heavy atom. The molecule has 158 valence electrons. The number of aromatic nitrogens is 2. The summed E-state index contributed by atoms with van der Waals surface area (Å²) in [5, 5.41) is 8.93. The molecule has 1 heterocycles. The molecule has 0 aliphatic rings. The molecule has 3 rings (SSSR count). The summed E-state index contributed by atoms with van der Waals surface area (Å²) in [4.78, 5) is 14.8. The van der Waals surface area contributed by atoms with E-state index in [1.807, 2.05) is 19.1 Å². The van der Waals surface area contributed by atoms with E-state index in [1.165, 1.54) is 14.2 Å². The molecule has 0 spiro atoms. The Kier molecular flexibility index (Phi) is 7.18. The van der Waals surface area contributed by atoms with E-state index in [0.717, 1.165) is 6.42 Å². The monoisotopic (exact) mass is 449 g/mol. The van der Waals surface area contributed by atoms with Crippen LogP contribution < -0.4 is 9.47 Å². The van der Waals surface area contributed by atoms with Crippen LogP contribution >= 0.6 is 23.2 Å². The van der Waals surface area contributed by atoms with Crippen LogP contribution in [0.5, 0.6) is 11.5 Å². The average Bonchev–Trinajstić information content (AvgIpc) is 3.20. The quantitative estimate of drug-likeness (QED) is 0.475. The number of carbonyl (C=O) groups is 1. The highest BCUT2D eigenvalue weighted by Gasteiger charge is 2.22. The van der Waals surface area contributed by atoms with Gasteiger partial charge in [0, 0.05) is 12.1 Å². The molecular weight excluding hydrogens is 429 g/mol. The second-order valence-electron chi connectivity index (χ2n) is 6.40. The van der Waals surface area contributed by atoms with Gasteiger partial charge in [-0.1, -0.05) is 42.3 Å². The molecule has 0 unspecified atom stereocenters. The molecule has 0 saturated carbocycles. The molecule has 9 heteroatoms. The van der Waals surface area contributed by atoms with Gasteiger partial charge in [0.2, 0.25) is 11.8 Å². The largest absolute Gasteiger partial charge is 0.493 e. The first-order chi connectivity index (χ1) is 14.5. The highest BCUT2D eigenvalue weighted by Crippen LogP contribution is 2.36. The van der Waals surface area contributed by atoms with E-state index in [1.54, 1.807) is 29.2 Å². The lowest BCUT2D eigenvalue weighted by molar-refractivity contribution is 0.0728. The zero-order valence-corrected chi connectivity index (χ0v) is 18.3. The Balaban J connectivity index is 1.86. The molecular formula is C21H21Cl2N3O4. The van der Waals surface area contributed by atoms with Crippen molar-refractivity contribution < 1.29 is 18.7 Å². The molecule has 0 N–H and O–H groups in total. The number of halogens is 2. The van der Waals surface area contributed by atoms with Crippen molar-refractivity contribution in [2.75, 3.05) is 20.8 Å². The maximum absolute atomic E-state index is 13.2. The summed E-state index contributed by atoms with van der Waals surface area (Å²) in [6.45, 7) is 2.62. The topological polar surface area (TPSA) is 77.7 Å². The number of ether oxygens (including phenoxy) is 2. The molecule has 2 aromatic carbocycles. The van der Waals surface area contributed by atoms with Gasteiger partial charge < -0.3 is 18.8 Å². The van der Waals surface area contributed by atoms with Gasteiger partial charge in [-0.25, -0.2) is 0 Å². The summed E-state index contributed by atoms with van der Waals surface area (Å²) >= 11 is 12.5. The van der Waals surface area contributed by atoms with Crippen LogP contribution in [-0.4, -0.2) is 41.8 Å². The number of hydrogen-bond acceptors (Lipinski definition) is 6. The van der Waals surface area contributed by atoms with Crippen molar-refractivity contribution in [3.05, 3.63) is 57.9 Å². The molecule has 7 nitrogen and oxygen atoms in total. The molecule has 0 radical (unpaired) electrons. The summed E-state index contributed by atoms with van der Waals surface area (Å²) in [6.07, 6.45) is 0.748. The number of amides is 1. The fourth-order valence-corrected chi connectivity index (χ4v) is 3.47. The molecule has 0 saturated heterocycles. The summed E-state index contributed by atoms with van der Waals surface area (Å²) in [5.41, 5.74) is 1.01. The van der Waals surface area contributed by atoms with Crippen molar-refractivity contribution in [3.63, 3.8) is 0 Å². The SMILES string of the molecule is CCCN(Cc1nnc(-c2ccccc2Cl)o1)C(=O)c1cc(Cl)c(OC)c(OC)c1. The minimum Gasteiger partial charge on any atom is -0.493 e. The van der Waals surface area contributed by atoms with Gasteiger partial charge >= 0.3 is 0 Å². The first kappa shape index (κ1) is 21.9. The van der Waals surface area contributed by atoms with Gasteiger partial charge in [0.15, 0.2) is 11.5 Å². The highest BCUT2D eigenvalue weighted by atomic mass is 35.5. The van der Waals surface area contributed by atoms with E-state index in [9.17, 15) is 4.79 Å². The smallest absolute Gasteiger partial charge is 0.254 e. The van der Waals surface area contributed by atoms with E-state index < -0.39 is 0 Å². The van der Waals surface area contributed by atoms with Crippen molar-refractivity contribution in [2.45, 2.75) is 19.9 Å². The van der Waals surface area contributed by atoms with Crippen LogP contribution in [0, 0.1) is 0 Å². The zero-order chi connectivity index (χ0) is 21.7. The Bertz CT molecular complexity index is 1040. The Labute approximate surface area is 184 Å². The Hall–Kier alpha value is -2.77. The summed E-state index contributed by atoms with van der Waals surface area (Å²) in [5.74, 6) is 1.12. The van der Waals surface area contributed by atoms with Crippen molar-refractivity contribution in [1.82, 2.24) is 15.1 Å². The summed E-state index contributed by atoms with van der Waals surface area (Å²) in [6, 6.07) is 10.3. The molecule has 0 aliphatic carbocycles. The molecule has 1 aromatic heterocycles. The van der Waals surface area contributed by atoms with E-state index in [0.29, 0.717) is 46.0 Å². The minimum atomic E-state index is -0.239. The van der Waals surface area contributed by atoms with Crippen LogP contribution in [0.15, 0.2) is 40.8 Å². The number of nitrogens with zero attached hydrogens (tertiary/aromatic N) is 3. The lowest BCUT2D eigenvalue weighted by Crippen LogP contribution is -2.31. The number of methoxy groups -OCH3 is 2.